The van der Waals surface area contributed by atoms with Crippen LogP contribution in [-0.4, -0.2) is 53.7 Å². The Morgan fingerprint density at radius 3 is 2.59 bits per heavy atom. The fourth-order valence-electron chi connectivity index (χ4n) is 4.11. The summed E-state index contributed by atoms with van der Waals surface area (Å²) >= 11 is 1.46. The third-order valence-corrected chi connectivity index (χ3v) is 7.18. The van der Waals surface area contributed by atoms with Crippen molar-refractivity contribution in [3.63, 3.8) is 0 Å². The fourth-order valence-corrected chi connectivity index (χ4v) is 4.92. The highest BCUT2D eigenvalue weighted by molar-refractivity contribution is 7.99. The van der Waals surface area contributed by atoms with Gasteiger partial charge in [0.15, 0.2) is 5.16 Å². The third-order valence-electron chi connectivity index (χ3n) is 6.24. The highest BCUT2D eigenvalue weighted by Gasteiger charge is 2.32. The number of nitrogens with one attached hydrogen (secondary N) is 1. The van der Waals surface area contributed by atoms with Crippen LogP contribution in [0.4, 0.5) is 5.95 Å². The number of nitrogens with zero attached hydrogens (tertiary/aromatic N) is 4. The standard InChI is InChI=1S/C23H33N5O3S/c1-15-9-11-27(12-10-15)22-25-26-23(28(22)17-5-6-17)32-14-21(29)24-16(2)19-13-18(30-3)7-8-20(19)31-4/h7-8,13,15-17H,5-6,9-12,14H2,1-4H3,(H,24,29). The van der Waals surface area contributed by atoms with E-state index in [1.165, 1.54) is 24.6 Å². The molecule has 32 heavy (non-hydrogen) atoms. The maximum atomic E-state index is 12.7. The molecule has 8 nitrogen and oxygen atoms in total. The molecule has 1 aromatic heterocycles. The van der Waals surface area contributed by atoms with Crippen LogP contribution in [0, 0.1) is 5.92 Å². The zero-order valence-corrected chi connectivity index (χ0v) is 20.2. The molecule has 174 valence electrons. The Morgan fingerprint density at radius 2 is 1.94 bits per heavy atom. The Balaban J connectivity index is 1.39. The normalized spacial score (nSPS) is 17.8. The van der Waals surface area contributed by atoms with E-state index in [0.717, 1.165) is 60.0 Å². The Hall–Kier alpha value is -2.42. The zero-order chi connectivity index (χ0) is 22.7. The number of rotatable bonds is 9. The number of carbonyl (C=O) groups is 1. The van der Waals surface area contributed by atoms with Crippen molar-refractivity contribution in [1.82, 2.24) is 20.1 Å². The minimum atomic E-state index is -0.208. The second kappa shape index (κ2) is 10.0. The molecule has 4 rings (SSSR count). The van der Waals surface area contributed by atoms with E-state index in [1.54, 1.807) is 14.2 Å². The van der Waals surface area contributed by atoms with E-state index in [4.69, 9.17) is 9.47 Å². The Labute approximate surface area is 194 Å². The minimum Gasteiger partial charge on any atom is -0.497 e. The molecule has 2 heterocycles. The molecule has 9 heteroatoms. The van der Waals surface area contributed by atoms with Gasteiger partial charge in [0.25, 0.3) is 0 Å². The van der Waals surface area contributed by atoms with Crippen molar-refractivity contribution in [2.75, 3.05) is 38.0 Å². The SMILES string of the molecule is COc1ccc(OC)c(C(C)NC(=O)CSc2nnc(N3CCC(C)CC3)n2C2CC2)c1. The molecule has 2 aliphatic rings. The number of piperidine rings is 1. The number of amides is 1. The summed E-state index contributed by atoms with van der Waals surface area (Å²) in [7, 11) is 3.25. The molecule has 0 radical (unpaired) electrons. The van der Waals surface area contributed by atoms with Crippen LogP contribution in [0.15, 0.2) is 23.4 Å². The van der Waals surface area contributed by atoms with Gasteiger partial charge in [-0.05, 0) is 56.7 Å². The molecule has 1 saturated heterocycles. The Kier molecular flexibility index (Phi) is 7.13. The van der Waals surface area contributed by atoms with Crippen LogP contribution in [0.5, 0.6) is 11.5 Å². The first kappa shape index (κ1) is 22.8. The van der Waals surface area contributed by atoms with Crippen molar-refractivity contribution >= 4 is 23.6 Å². The summed E-state index contributed by atoms with van der Waals surface area (Å²) in [6, 6.07) is 5.85. The second-order valence-corrected chi connectivity index (χ2v) is 9.68. The number of aromatic nitrogens is 3. The van der Waals surface area contributed by atoms with Gasteiger partial charge in [-0.15, -0.1) is 10.2 Å². The maximum Gasteiger partial charge on any atom is 0.230 e. The molecule has 0 spiro atoms. The molecular formula is C23H33N5O3S. The first-order chi connectivity index (χ1) is 15.5. The lowest BCUT2D eigenvalue weighted by Gasteiger charge is -2.31. The lowest BCUT2D eigenvalue weighted by Crippen LogP contribution is -2.34. The molecule has 1 aliphatic heterocycles. The van der Waals surface area contributed by atoms with Gasteiger partial charge in [0.2, 0.25) is 11.9 Å². The van der Waals surface area contributed by atoms with Crippen LogP contribution in [0.2, 0.25) is 0 Å². The average Bonchev–Trinajstić information content (AvgIpc) is 3.56. The second-order valence-electron chi connectivity index (χ2n) is 8.74. The highest BCUT2D eigenvalue weighted by Crippen LogP contribution is 2.41. The minimum absolute atomic E-state index is 0.0499. The van der Waals surface area contributed by atoms with E-state index in [9.17, 15) is 4.79 Å². The summed E-state index contributed by atoms with van der Waals surface area (Å²) in [4.78, 5) is 15.1. The Bertz CT molecular complexity index is 938. The smallest absolute Gasteiger partial charge is 0.230 e. The molecule has 2 fully saturated rings. The van der Waals surface area contributed by atoms with E-state index in [2.05, 4.69) is 31.9 Å². The van der Waals surface area contributed by atoms with Gasteiger partial charge in [-0.25, -0.2) is 0 Å². The summed E-state index contributed by atoms with van der Waals surface area (Å²) in [6.07, 6.45) is 4.69. The molecule has 0 bridgehead atoms. The van der Waals surface area contributed by atoms with Gasteiger partial charge in [-0.1, -0.05) is 18.7 Å². The van der Waals surface area contributed by atoms with Gasteiger partial charge >= 0.3 is 0 Å². The first-order valence-electron chi connectivity index (χ1n) is 11.3. The molecule has 1 aliphatic carbocycles. The first-order valence-corrected chi connectivity index (χ1v) is 12.3. The molecule has 1 atom stereocenters. The molecule has 1 saturated carbocycles. The van der Waals surface area contributed by atoms with Crippen molar-refractivity contribution < 1.29 is 14.3 Å². The molecule has 1 N–H and O–H groups in total. The van der Waals surface area contributed by atoms with Gasteiger partial charge in [0.1, 0.15) is 11.5 Å². The van der Waals surface area contributed by atoms with Crippen molar-refractivity contribution in [3.8, 4) is 11.5 Å². The number of anilines is 1. The van der Waals surface area contributed by atoms with Crippen LogP contribution < -0.4 is 19.7 Å². The predicted octanol–water partition coefficient (Wildman–Crippen LogP) is 3.84. The lowest BCUT2D eigenvalue weighted by atomic mass is 10.00. The summed E-state index contributed by atoms with van der Waals surface area (Å²) in [5.41, 5.74) is 0.882. The van der Waals surface area contributed by atoms with E-state index < -0.39 is 0 Å². The number of carbonyl (C=O) groups excluding carboxylic acids is 1. The monoisotopic (exact) mass is 459 g/mol. The van der Waals surface area contributed by atoms with Crippen LogP contribution in [0.25, 0.3) is 0 Å². The van der Waals surface area contributed by atoms with Gasteiger partial charge in [-0.2, -0.15) is 0 Å². The Morgan fingerprint density at radius 1 is 1.19 bits per heavy atom. The molecule has 1 unspecified atom stereocenters. The average molecular weight is 460 g/mol. The van der Waals surface area contributed by atoms with Gasteiger partial charge in [0.05, 0.1) is 26.0 Å². The molecule has 1 amide bonds. The van der Waals surface area contributed by atoms with Crippen LogP contribution in [0.1, 0.15) is 57.2 Å². The number of hydrogen-bond donors (Lipinski definition) is 1. The molecule has 2 aromatic rings. The van der Waals surface area contributed by atoms with Gasteiger partial charge < -0.3 is 19.7 Å². The van der Waals surface area contributed by atoms with Crippen LogP contribution in [-0.2, 0) is 4.79 Å². The van der Waals surface area contributed by atoms with E-state index >= 15 is 0 Å². The van der Waals surface area contributed by atoms with Crippen LogP contribution >= 0.6 is 11.8 Å². The number of hydrogen-bond acceptors (Lipinski definition) is 7. The number of methoxy groups -OCH3 is 2. The zero-order valence-electron chi connectivity index (χ0n) is 19.3. The number of benzene rings is 1. The van der Waals surface area contributed by atoms with Crippen molar-refractivity contribution in [2.45, 2.75) is 56.8 Å². The topological polar surface area (TPSA) is 81.5 Å². The number of thioether (sulfide) groups is 1. The summed E-state index contributed by atoms with van der Waals surface area (Å²) in [5.74, 6) is 3.43. The van der Waals surface area contributed by atoms with Crippen molar-refractivity contribution in [1.29, 1.82) is 0 Å². The summed E-state index contributed by atoms with van der Waals surface area (Å²) < 4.78 is 13.0. The van der Waals surface area contributed by atoms with E-state index in [0.29, 0.717) is 11.8 Å². The maximum absolute atomic E-state index is 12.7. The van der Waals surface area contributed by atoms with E-state index in [1.807, 2.05) is 25.1 Å². The van der Waals surface area contributed by atoms with Gasteiger partial charge in [0, 0.05) is 24.7 Å². The summed E-state index contributed by atoms with van der Waals surface area (Å²) in [6.45, 7) is 6.31. The predicted molar refractivity (Wildman–Crippen MR) is 126 cm³/mol. The summed E-state index contributed by atoms with van der Waals surface area (Å²) in [5, 5.41) is 12.9. The molecular weight excluding hydrogens is 426 g/mol. The largest absolute Gasteiger partial charge is 0.497 e. The third kappa shape index (κ3) is 5.14. The molecule has 1 aromatic carbocycles. The quantitative estimate of drug-likeness (QED) is 0.571. The van der Waals surface area contributed by atoms with Crippen molar-refractivity contribution in [2.24, 2.45) is 5.92 Å². The highest BCUT2D eigenvalue weighted by atomic mass is 32.2. The van der Waals surface area contributed by atoms with E-state index in [-0.39, 0.29) is 11.9 Å². The fraction of sp³-hybridized carbons (Fsp3) is 0.609. The number of ether oxygens (including phenoxy) is 2. The van der Waals surface area contributed by atoms with Gasteiger partial charge in [-0.3, -0.25) is 9.36 Å². The lowest BCUT2D eigenvalue weighted by molar-refractivity contribution is -0.119. The van der Waals surface area contributed by atoms with Crippen molar-refractivity contribution in [3.05, 3.63) is 23.8 Å². The van der Waals surface area contributed by atoms with Crippen LogP contribution in [0.3, 0.4) is 0 Å².